The number of benzene rings is 1. The van der Waals surface area contributed by atoms with Crippen LogP contribution >= 0.6 is 0 Å². The van der Waals surface area contributed by atoms with Crippen LogP contribution in [0.3, 0.4) is 0 Å². The molecule has 0 spiro atoms. The molecular formula is C21H16O10. The summed E-state index contributed by atoms with van der Waals surface area (Å²) in [7, 11) is 1.41. The number of esters is 1. The average molecular weight is 428 g/mol. The van der Waals surface area contributed by atoms with Crippen molar-refractivity contribution in [1.82, 2.24) is 0 Å². The highest BCUT2D eigenvalue weighted by Gasteiger charge is 2.44. The zero-order valence-electron chi connectivity index (χ0n) is 16.2. The van der Waals surface area contributed by atoms with E-state index in [1.54, 1.807) is 12.1 Å². The Bertz CT molecular complexity index is 1240. The quantitative estimate of drug-likeness (QED) is 0.557. The standard InChI is InChI=1S/C21H16O10/c1-27-10-7-12-15(8-4-5-28-21(8)30-12)19-18(10)17-11(29-14(25)3-2-13(23)24)6-9(22)16(17)20(26)31-19/h4-5,7-8,11,21H,2-3,6H2,1H3,(H,23,24)/t8-,11-,21+/m0/s1. The predicted octanol–water partition coefficient (Wildman–Crippen LogP) is 2.18. The van der Waals surface area contributed by atoms with Crippen molar-refractivity contribution in [3.63, 3.8) is 0 Å². The number of fused-ring (bicyclic) bond motifs is 7. The van der Waals surface area contributed by atoms with Crippen LogP contribution in [-0.2, 0) is 19.1 Å². The van der Waals surface area contributed by atoms with Gasteiger partial charge in [0.25, 0.3) is 6.29 Å². The van der Waals surface area contributed by atoms with Gasteiger partial charge in [-0.15, -0.1) is 0 Å². The van der Waals surface area contributed by atoms with Crippen molar-refractivity contribution in [3.8, 4) is 11.5 Å². The SMILES string of the molecule is COc1cc2c(c3oc(=O)c4c(c13)[C@@H](OC(=O)CCC(=O)O)CC4=O)[C@@H]1C=CO[C@@H]1O2. The fraction of sp³-hybridized carbons (Fsp3) is 0.333. The van der Waals surface area contributed by atoms with E-state index in [-0.39, 0.29) is 41.2 Å². The molecule has 1 aromatic carbocycles. The smallest absolute Gasteiger partial charge is 0.347 e. The van der Waals surface area contributed by atoms with Gasteiger partial charge in [-0.2, -0.15) is 0 Å². The van der Waals surface area contributed by atoms with Crippen molar-refractivity contribution < 1.29 is 42.9 Å². The summed E-state index contributed by atoms with van der Waals surface area (Å²) in [6, 6.07) is 1.61. The number of ketones is 1. The number of ether oxygens (including phenoxy) is 4. The number of aliphatic carboxylic acids is 1. The van der Waals surface area contributed by atoms with Gasteiger partial charge in [-0.05, 0) is 6.08 Å². The van der Waals surface area contributed by atoms with Crippen LogP contribution in [-0.4, -0.2) is 36.2 Å². The number of methoxy groups -OCH3 is 1. The second kappa shape index (κ2) is 6.86. The van der Waals surface area contributed by atoms with Crippen LogP contribution in [0.1, 0.15) is 52.8 Å². The number of carboxylic acids is 1. The zero-order chi connectivity index (χ0) is 21.9. The van der Waals surface area contributed by atoms with Crippen molar-refractivity contribution in [2.24, 2.45) is 0 Å². The molecule has 5 rings (SSSR count). The van der Waals surface area contributed by atoms with Crippen LogP contribution in [0.2, 0.25) is 0 Å². The first kappa shape index (κ1) is 19.2. The van der Waals surface area contributed by atoms with E-state index >= 15 is 0 Å². The van der Waals surface area contributed by atoms with Crippen LogP contribution in [0.15, 0.2) is 27.6 Å². The van der Waals surface area contributed by atoms with Gasteiger partial charge in [-0.25, -0.2) is 4.79 Å². The lowest BCUT2D eigenvalue weighted by Crippen LogP contribution is -2.15. The van der Waals surface area contributed by atoms with Gasteiger partial charge < -0.3 is 28.5 Å². The summed E-state index contributed by atoms with van der Waals surface area (Å²) >= 11 is 0. The maximum absolute atomic E-state index is 12.7. The van der Waals surface area contributed by atoms with E-state index in [9.17, 15) is 19.2 Å². The second-order valence-corrected chi connectivity index (χ2v) is 7.35. The lowest BCUT2D eigenvalue weighted by Gasteiger charge is -2.17. The number of carboxylic acid groups (broad SMARTS) is 1. The van der Waals surface area contributed by atoms with E-state index in [2.05, 4.69) is 0 Å². The van der Waals surface area contributed by atoms with Crippen LogP contribution in [0.25, 0.3) is 11.0 Å². The summed E-state index contributed by atoms with van der Waals surface area (Å²) in [5.74, 6) is -2.08. The minimum atomic E-state index is -1.15. The molecule has 2 aliphatic heterocycles. The molecule has 31 heavy (non-hydrogen) atoms. The van der Waals surface area contributed by atoms with Crippen molar-refractivity contribution >= 4 is 28.7 Å². The minimum Gasteiger partial charge on any atom is -0.496 e. The Morgan fingerprint density at radius 3 is 2.77 bits per heavy atom. The number of rotatable bonds is 5. The van der Waals surface area contributed by atoms with Crippen molar-refractivity contribution in [2.45, 2.75) is 37.6 Å². The van der Waals surface area contributed by atoms with Gasteiger partial charge >= 0.3 is 17.6 Å². The molecule has 0 radical (unpaired) electrons. The van der Waals surface area contributed by atoms with E-state index in [0.29, 0.717) is 16.7 Å². The van der Waals surface area contributed by atoms with Gasteiger partial charge in [-0.1, -0.05) is 0 Å². The molecular weight excluding hydrogens is 412 g/mol. The topological polar surface area (TPSA) is 139 Å². The second-order valence-electron chi connectivity index (χ2n) is 7.35. The molecule has 0 unspecified atom stereocenters. The Hall–Kier alpha value is -3.82. The van der Waals surface area contributed by atoms with E-state index in [0.717, 1.165) is 0 Å². The Labute approximate surface area is 173 Å². The molecule has 2 aromatic rings. The largest absolute Gasteiger partial charge is 0.496 e. The highest BCUT2D eigenvalue weighted by molar-refractivity contribution is 6.07. The van der Waals surface area contributed by atoms with Crippen molar-refractivity contribution in [2.75, 3.05) is 7.11 Å². The molecule has 1 aliphatic carbocycles. The Kier molecular flexibility index (Phi) is 4.24. The third-order valence-electron chi connectivity index (χ3n) is 5.56. The highest BCUT2D eigenvalue weighted by atomic mass is 16.7. The van der Waals surface area contributed by atoms with Gasteiger partial charge in [0, 0.05) is 11.6 Å². The van der Waals surface area contributed by atoms with E-state index in [1.807, 2.05) is 0 Å². The zero-order valence-corrected chi connectivity index (χ0v) is 16.2. The van der Waals surface area contributed by atoms with Gasteiger partial charge in [0.1, 0.15) is 28.7 Å². The van der Waals surface area contributed by atoms with Crippen molar-refractivity contribution in [1.29, 1.82) is 0 Å². The third kappa shape index (κ3) is 2.86. The van der Waals surface area contributed by atoms with E-state index < -0.39 is 42.2 Å². The fourth-order valence-corrected chi connectivity index (χ4v) is 4.27. The summed E-state index contributed by atoms with van der Waals surface area (Å²) in [5, 5.41) is 9.11. The maximum atomic E-state index is 12.7. The Balaban J connectivity index is 1.69. The van der Waals surface area contributed by atoms with Crippen LogP contribution in [0.4, 0.5) is 0 Å². The predicted molar refractivity (Wildman–Crippen MR) is 101 cm³/mol. The van der Waals surface area contributed by atoms with Crippen LogP contribution in [0.5, 0.6) is 11.5 Å². The number of hydrogen-bond acceptors (Lipinski definition) is 9. The molecule has 3 heterocycles. The molecule has 0 saturated heterocycles. The van der Waals surface area contributed by atoms with E-state index in [4.69, 9.17) is 28.5 Å². The Morgan fingerprint density at radius 2 is 2.03 bits per heavy atom. The highest BCUT2D eigenvalue weighted by Crippen LogP contribution is 2.51. The first-order valence-corrected chi connectivity index (χ1v) is 9.54. The summed E-state index contributed by atoms with van der Waals surface area (Å²) in [5.41, 5.74) is -0.105. The third-order valence-corrected chi connectivity index (χ3v) is 5.56. The van der Waals surface area contributed by atoms with Gasteiger partial charge in [-0.3, -0.25) is 14.4 Å². The molecule has 160 valence electrons. The maximum Gasteiger partial charge on any atom is 0.347 e. The monoisotopic (exact) mass is 428 g/mol. The van der Waals surface area contributed by atoms with Crippen LogP contribution in [0, 0.1) is 0 Å². The van der Waals surface area contributed by atoms with Gasteiger partial charge in [0.2, 0.25) is 0 Å². The number of hydrogen-bond donors (Lipinski definition) is 1. The molecule has 1 aromatic heterocycles. The normalized spacial score (nSPS) is 22.5. The number of carbonyl (C=O) groups excluding carboxylic acids is 2. The molecule has 10 nitrogen and oxygen atoms in total. The average Bonchev–Trinajstić information content (AvgIpc) is 3.39. The Morgan fingerprint density at radius 1 is 1.23 bits per heavy atom. The summed E-state index contributed by atoms with van der Waals surface area (Å²) in [6.45, 7) is 0. The first-order valence-electron chi connectivity index (χ1n) is 9.54. The molecule has 3 atom stereocenters. The fourth-order valence-electron chi connectivity index (χ4n) is 4.27. The van der Waals surface area contributed by atoms with Crippen molar-refractivity contribution in [3.05, 3.63) is 45.5 Å². The molecule has 0 saturated carbocycles. The first-order chi connectivity index (χ1) is 14.9. The summed E-state index contributed by atoms with van der Waals surface area (Å²) < 4.78 is 27.6. The van der Waals surface area contributed by atoms with Crippen LogP contribution < -0.4 is 15.1 Å². The summed E-state index contributed by atoms with van der Waals surface area (Å²) in [6.07, 6.45) is 0.588. The van der Waals surface area contributed by atoms with Gasteiger partial charge in [0.05, 0.1) is 49.5 Å². The molecule has 10 heteroatoms. The molecule has 0 amide bonds. The lowest BCUT2D eigenvalue weighted by atomic mass is 9.95. The van der Waals surface area contributed by atoms with Gasteiger partial charge in [0.15, 0.2) is 5.78 Å². The molecule has 1 N–H and O–H groups in total. The molecule has 0 bridgehead atoms. The number of carbonyl (C=O) groups is 3. The minimum absolute atomic E-state index is 0.169. The molecule has 0 fully saturated rings. The number of Topliss-reactive ketones (excluding diaryl/α,β-unsaturated/α-hetero) is 1. The lowest BCUT2D eigenvalue weighted by molar-refractivity contribution is -0.152. The summed E-state index contributed by atoms with van der Waals surface area (Å²) in [4.78, 5) is 48.2. The molecule has 3 aliphatic rings. The van der Waals surface area contributed by atoms with E-state index in [1.165, 1.54) is 13.4 Å².